The first-order valence-corrected chi connectivity index (χ1v) is 6.87. The largest absolute Gasteiger partial charge is 0.476 e. The van der Waals surface area contributed by atoms with Crippen molar-refractivity contribution < 1.29 is 9.90 Å². The van der Waals surface area contributed by atoms with Crippen molar-refractivity contribution in [1.82, 2.24) is 10.3 Å². The lowest BCUT2D eigenvalue weighted by Crippen LogP contribution is -2.17. The maximum atomic E-state index is 10.7. The van der Waals surface area contributed by atoms with Gasteiger partial charge in [-0.15, -0.1) is 22.7 Å². The van der Waals surface area contributed by atoms with Gasteiger partial charge in [0.2, 0.25) is 5.01 Å². The summed E-state index contributed by atoms with van der Waals surface area (Å²) in [6.07, 6.45) is 0. The van der Waals surface area contributed by atoms with Gasteiger partial charge in [0.05, 0.1) is 5.69 Å². The SMILES string of the molecule is C[C@@H](NCc1csc(C(=O)O)n1)c1cccs1. The molecule has 2 heterocycles. The maximum absolute atomic E-state index is 10.7. The van der Waals surface area contributed by atoms with E-state index in [1.165, 1.54) is 4.88 Å². The number of nitrogens with one attached hydrogen (secondary N) is 1. The average Bonchev–Trinajstić information content (AvgIpc) is 2.97. The van der Waals surface area contributed by atoms with E-state index in [4.69, 9.17) is 5.11 Å². The Hall–Kier alpha value is -1.24. The lowest BCUT2D eigenvalue weighted by atomic mass is 10.2. The van der Waals surface area contributed by atoms with Crippen LogP contribution in [-0.4, -0.2) is 16.1 Å². The van der Waals surface area contributed by atoms with Crippen LogP contribution in [0.2, 0.25) is 0 Å². The number of nitrogens with zero attached hydrogens (tertiary/aromatic N) is 1. The predicted octanol–water partition coefficient (Wildman–Crippen LogP) is 2.75. The summed E-state index contributed by atoms with van der Waals surface area (Å²) in [6.45, 7) is 2.67. The number of thiophene rings is 1. The van der Waals surface area contributed by atoms with E-state index in [9.17, 15) is 4.79 Å². The third-order valence-corrected chi connectivity index (χ3v) is 4.23. The minimum Gasteiger partial charge on any atom is -0.476 e. The molecular formula is C11H12N2O2S2. The highest BCUT2D eigenvalue weighted by Crippen LogP contribution is 2.19. The molecule has 0 spiro atoms. The number of aromatic carboxylic acids is 1. The van der Waals surface area contributed by atoms with Crippen LogP contribution in [0, 0.1) is 0 Å². The second-order valence-electron chi connectivity index (χ2n) is 3.57. The van der Waals surface area contributed by atoms with Crippen molar-refractivity contribution in [1.29, 1.82) is 0 Å². The molecule has 17 heavy (non-hydrogen) atoms. The molecule has 2 N–H and O–H groups in total. The van der Waals surface area contributed by atoms with Crippen molar-refractivity contribution in [3.63, 3.8) is 0 Å². The van der Waals surface area contributed by atoms with E-state index in [1.807, 2.05) is 11.4 Å². The van der Waals surface area contributed by atoms with Crippen molar-refractivity contribution in [3.05, 3.63) is 38.5 Å². The second-order valence-corrected chi connectivity index (χ2v) is 5.40. The van der Waals surface area contributed by atoms with E-state index >= 15 is 0 Å². The van der Waals surface area contributed by atoms with E-state index in [-0.39, 0.29) is 11.0 Å². The van der Waals surface area contributed by atoms with Crippen LogP contribution in [0.1, 0.15) is 33.3 Å². The van der Waals surface area contributed by atoms with E-state index < -0.39 is 5.97 Å². The van der Waals surface area contributed by atoms with Gasteiger partial charge in [-0.3, -0.25) is 0 Å². The molecule has 0 saturated heterocycles. The first-order chi connectivity index (χ1) is 8.16. The fourth-order valence-corrected chi connectivity index (χ4v) is 2.80. The Balaban J connectivity index is 1.91. The molecule has 2 aromatic rings. The number of hydrogen-bond donors (Lipinski definition) is 2. The van der Waals surface area contributed by atoms with Crippen molar-refractivity contribution >= 4 is 28.6 Å². The predicted molar refractivity (Wildman–Crippen MR) is 68.6 cm³/mol. The van der Waals surface area contributed by atoms with Gasteiger partial charge in [0.15, 0.2) is 0 Å². The van der Waals surface area contributed by atoms with Crippen LogP contribution in [0.5, 0.6) is 0 Å². The highest BCUT2D eigenvalue weighted by atomic mass is 32.1. The van der Waals surface area contributed by atoms with Crippen LogP contribution < -0.4 is 5.32 Å². The molecule has 0 aromatic carbocycles. The zero-order chi connectivity index (χ0) is 12.3. The summed E-state index contributed by atoms with van der Waals surface area (Å²) in [6, 6.07) is 4.35. The molecule has 6 heteroatoms. The summed E-state index contributed by atoms with van der Waals surface area (Å²) in [5, 5.41) is 16.0. The highest BCUT2D eigenvalue weighted by Gasteiger charge is 2.10. The molecule has 4 nitrogen and oxygen atoms in total. The van der Waals surface area contributed by atoms with Gasteiger partial charge in [-0.1, -0.05) is 6.07 Å². The summed E-state index contributed by atoms with van der Waals surface area (Å²) < 4.78 is 0. The van der Waals surface area contributed by atoms with E-state index in [1.54, 1.807) is 16.7 Å². The quantitative estimate of drug-likeness (QED) is 0.875. The molecule has 1 atom stereocenters. The fraction of sp³-hybridized carbons (Fsp3) is 0.273. The third kappa shape index (κ3) is 3.12. The van der Waals surface area contributed by atoms with Gasteiger partial charge in [-0.25, -0.2) is 9.78 Å². The molecule has 90 valence electrons. The standard InChI is InChI=1S/C11H12N2O2S2/c1-7(9-3-2-4-16-9)12-5-8-6-17-10(13-8)11(14)15/h2-4,6-7,12H,5H2,1H3,(H,14,15)/t7-/m1/s1. The summed E-state index contributed by atoms with van der Waals surface area (Å²) in [5.41, 5.74) is 0.774. The van der Waals surface area contributed by atoms with Crippen LogP contribution in [-0.2, 0) is 6.54 Å². The molecule has 0 saturated carbocycles. The first kappa shape index (κ1) is 12.2. The molecule has 2 rings (SSSR count). The van der Waals surface area contributed by atoms with Gasteiger partial charge < -0.3 is 10.4 Å². The number of rotatable bonds is 5. The van der Waals surface area contributed by atoms with Crippen molar-refractivity contribution in [2.75, 3.05) is 0 Å². The van der Waals surface area contributed by atoms with Crippen LogP contribution in [0.15, 0.2) is 22.9 Å². The molecule has 0 bridgehead atoms. The Morgan fingerprint density at radius 2 is 2.41 bits per heavy atom. The van der Waals surface area contributed by atoms with Gasteiger partial charge in [0.1, 0.15) is 0 Å². The molecule has 0 aliphatic heterocycles. The molecule has 0 aliphatic rings. The van der Waals surface area contributed by atoms with Crippen LogP contribution in [0.3, 0.4) is 0 Å². The Morgan fingerprint density at radius 1 is 1.59 bits per heavy atom. The van der Waals surface area contributed by atoms with Crippen molar-refractivity contribution in [3.8, 4) is 0 Å². The smallest absolute Gasteiger partial charge is 0.365 e. The van der Waals surface area contributed by atoms with Crippen LogP contribution in [0.25, 0.3) is 0 Å². The molecule has 0 unspecified atom stereocenters. The minimum atomic E-state index is -0.965. The zero-order valence-electron chi connectivity index (χ0n) is 9.21. The minimum absolute atomic E-state index is 0.144. The summed E-state index contributed by atoms with van der Waals surface area (Å²) in [4.78, 5) is 16.0. The number of hydrogen-bond acceptors (Lipinski definition) is 5. The maximum Gasteiger partial charge on any atom is 0.365 e. The molecule has 2 aromatic heterocycles. The third-order valence-electron chi connectivity index (χ3n) is 2.29. The van der Waals surface area contributed by atoms with E-state index in [2.05, 4.69) is 23.3 Å². The molecule has 0 fully saturated rings. The Labute approximate surface area is 107 Å². The summed E-state index contributed by atoms with van der Waals surface area (Å²) >= 11 is 2.86. The molecular weight excluding hydrogens is 256 g/mol. The monoisotopic (exact) mass is 268 g/mol. The lowest BCUT2D eigenvalue weighted by molar-refractivity contribution is 0.0696. The molecule has 0 amide bonds. The molecule has 0 aliphatic carbocycles. The summed E-state index contributed by atoms with van der Waals surface area (Å²) in [5.74, 6) is -0.965. The topological polar surface area (TPSA) is 62.2 Å². The fourth-order valence-electron chi connectivity index (χ4n) is 1.38. The number of carboxylic acids is 1. The first-order valence-electron chi connectivity index (χ1n) is 5.11. The van der Waals surface area contributed by atoms with Crippen molar-refractivity contribution in [2.45, 2.75) is 19.5 Å². The van der Waals surface area contributed by atoms with Gasteiger partial charge in [-0.2, -0.15) is 0 Å². The van der Waals surface area contributed by atoms with Crippen LogP contribution in [0.4, 0.5) is 0 Å². The van der Waals surface area contributed by atoms with Gasteiger partial charge in [0, 0.05) is 22.8 Å². The number of aromatic nitrogens is 1. The van der Waals surface area contributed by atoms with E-state index in [0.717, 1.165) is 17.0 Å². The second kappa shape index (κ2) is 5.39. The number of carbonyl (C=O) groups is 1. The number of thiazole rings is 1. The Morgan fingerprint density at radius 3 is 3.00 bits per heavy atom. The average molecular weight is 268 g/mol. The van der Waals surface area contributed by atoms with E-state index in [0.29, 0.717) is 6.54 Å². The zero-order valence-corrected chi connectivity index (χ0v) is 10.8. The Bertz CT molecular complexity index is 493. The van der Waals surface area contributed by atoms with Gasteiger partial charge >= 0.3 is 5.97 Å². The van der Waals surface area contributed by atoms with Crippen molar-refractivity contribution in [2.24, 2.45) is 0 Å². The van der Waals surface area contributed by atoms with Gasteiger partial charge in [0.25, 0.3) is 0 Å². The Kier molecular flexibility index (Phi) is 3.88. The normalized spacial score (nSPS) is 12.5. The lowest BCUT2D eigenvalue weighted by Gasteiger charge is -2.10. The van der Waals surface area contributed by atoms with Crippen LogP contribution >= 0.6 is 22.7 Å². The highest BCUT2D eigenvalue weighted by molar-refractivity contribution is 7.11. The number of carboxylic acid groups (broad SMARTS) is 1. The molecule has 0 radical (unpaired) electrons. The summed E-state index contributed by atoms with van der Waals surface area (Å²) in [7, 11) is 0. The van der Waals surface area contributed by atoms with Gasteiger partial charge in [-0.05, 0) is 18.4 Å².